The number of hydrogen-bond acceptors (Lipinski definition) is 8. The summed E-state index contributed by atoms with van der Waals surface area (Å²) in [5.74, 6) is -2.80. The second-order valence-electron chi connectivity index (χ2n) is 11.7. The predicted octanol–water partition coefficient (Wildman–Crippen LogP) is 2.92. The van der Waals surface area contributed by atoms with Gasteiger partial charge in [0, 0.05) is 6.42 Å². The molecule has 4 aliphatic rings. The van der Waals surface area contributed by atoms with Crippen molar-refractivity contribution in [1.29, 1.82) is 0 Å². The summed E-state index contributed by atoms with van der Waals surface area (Å²) in [7, 11) is 0. The lowest BCUT2D eigenvalue weighted by molar-refractivity contribution is -0.204. The van der Waals surface area contributed by atoms with Gasteiger partial charge in [-0.2, -0.15) is 0 Å². The van der Waals surface area contributed by atoms with Gasteiger partial charge in [0.25, 0.3) is 5.91 Å². The molecule has 3 heterocycles. The van der Waals surface area contributed by atoms with E-state index in [0.29, 0.717) is 5.69 Å². The molecule has 2 spiro atoms. The largest absolute Gasteiger partial charge is 0.461 e. The zero-order valence-corrected chi connectivity index (χ0v) is 21.6. The number of nitrogens with zero attached hydrogens (tertiary/aromatic N) is 1. The second kappa shape index (κ2) is 7.66. The molecule has 4 fully saturated rings. The van der Waals surface area contributed by atoms with Crippen LogP contribution in [0.4, 0.5) is 5.69 Å². The first-order valence-corrected chi connectivity index (χ1v) is 12.7. The van der Waals surface area contributed by atoms with Crippen LogP contribution in [0, 0.1) is 23.2 Å². The number of hydrogen-bond donors (Lipinski definition) is 1. The van der Waals surface area contributed by atoms with Gasteiger partial charge in [-0.25, -0.2) is 4.79 Å². The van der Waals surface area contributed by atoms with Gasteiger partial charge in [0.05, 0.1) is 23.3 Å². The normalized spacial score (nSPS) is 35.4. The third kappa shape index (κ3) is 2.69. The number of benzene rings is 2. The fourth-order valence-electron chi connectivity index (χ4n) is 7.35. The molecule has 9 heteroatoms. The zero-order valence-electron chi connectivity index (χ0n) is 21.6. The van der Waals surface area contributed by atoms with Crippen molar-refractivity contribution in [2.45, 2.75) is 64.6 Å². The molecule has 1 N–H and O–H groups in total. The van der Waals surface area contributed by atoms with E-state index in [1.165, 1.54) is 4.90 Å². The van der Waals surface area contributed by atoms with E-state index in [-0.39, 0.29) is 18.4 Å². The quantitative estimate of drug-likeness (QED) is 0.486. The van der Waals surface area contributed by atoms with Crippen molar-refractivity contribution >= 4 is 29.5 Å². The van der Waals surface area contributed by atoms with Crippen LogP contribution in [0.2, 0.25) is 0 Å². The van der Waals surface area contributed by atoms with Gasteiger partial charge < -0.3 is 19.3 Å². The number of para-hydroxylation sites is 1. The molecular weight excluding hydrogens is 490 g/mol. The summed E-state index contributed by atoms with van der Waals surface area (Å²) in [6, 6.07) is 15.2. The molecule has 9 nitrogen and oxygen atoms in total. The first-order chi connectivity index (χ1) is 17.9. The average molecular weight is 520 g/mol. The molecule has 1 amide bonds. The van der Waals surface area contributed by atoms with Crippen LogP contribution in [-0.2, 0) is 28.6 Å². The Labute approximate surface area is 219 Å². The Morgan fingerprint density at radius 1 is 1.03 bits per heavy atom. The highest BCUT2D eigenvalue weighted by molar-refractivity contribution is 6.07. The lowest BCUT2D eigenvalue weighted by Gasteiger charge is -2.51. The third-order valence-corrected chi connectivity index (χ3v) is 9.08. The average Bonchev–Trinajstić information content (AvgIpc) is 3.47. The van der Waals surface area contributed by atoms with E-state index in [0.717, 1.165) is 5.56 Å². The first-order valence-electron chi connectivity index (χ1n) is 12.7. The number of rotatable bonds is 3. The molecular formula is C29H29NO8. The molecule has 2 aromatic carbocycles. The van der Waals surface area contributed by atoms with Crippen LogP contribution in [0.3, 0.4) is 0 Å². The molecule has 1 saturated carbocycles. The molecule has 0 aromatic heterocycles. The number of carbonyl (C=O) groups is 4. The second-order valence-corrected chi connectivity index (χ2v) is 11.7. The van der Waals surface area contributed by atoms with E-state index in [9.17, 15) is 24.3 Å². The van der Waals surface area contributed by atoms with E-state index in [1.807, 2.05) is 6.07 Å². The minimum Gasteiger partial charge on any atom is -0.461 e. The van der Waals surface area contributed by atoms with Gasteiger partial charge in [-0.15, -0.1) is 0 Å². The summed E-state index contributed by atoms with van der Waals surface area (Å²) < 4.78 is 17.6. The van der Waals surface area contributed by atoms with Crippen molar-refractivity contribution in [1.82, 2.24) is 0 Å². The Hall–Kier alpha value is -3.72. The molecule has 6 rings (SSSR count). The molecule has 198 valence electrons. The van der Waals surface area contributed by atoms with Crippen LogP contribution in [0.5, 0.6) is 0 Å². The van der Waals surface area contributed by atoms with Crippen molar-refractivity contribution < 1.29 is 38.5 Å². The van der Waals surface area contributed by atoms with Gasteiger partial charge in [0.1, 0.15) is 16.9 Å². The van der Waals surface area contributed by atoms with Gasteiger partial charge in [-0.1, -0.05) is 57.2 Å². The lowest BCUT2D eigenvalue weighted by atomic mass is 9.52. The fraction of sp³-hybridized carbons (Fsp3) is 0.448. The summed E-state index contributed by atoms with van der Waals surface area (Å²) in [6.45, 7) is 7.17. The third-order valence-electron chi connectivity index (χ3n) is 9.08. The van der Waals surface area contributed by atoms with Crippen molar-refractivity contribution in [3.8, 4) is 0 Å². The van der Waals surface area contributed by atoms with Crippen molar-refractivity contribution in [2.75, 3.05) is 4.90 Å². The molecule has 0 unspecified atom stereocenters. The molecule has 38 heavy (non-hydrogen) atoms. The van der Waals surface area contributed by atoms with Crippen LogP contribution in [0.1, 0.15) is 49.5 Å². The Morgan fingerprint density at radius 3 is 2.34 bits per heavy atom. The highest BCUT2D eigenvalue weighted by Gasteiger charge is 2.93. The lowest BCUT2D eigenvalue weighted by Crippen LogP contribution is -2.66. The van der Waals surface area contributed by atoms with Crippen LogP contribution in [-0.4, -0.2) is 53.0 Å². The van der Waals surface area contributed by atoms with Crippen LogP contribution >= 0.6 is 0 Å². The number of ether oxygens (including phenoxy) is 3. The Morgan fingerprint density at radius 2 is 1.68 bits per heavy atom. The van der Waals surface area contributed by atoms with E-state index in [4.69, 9.17) is 14.2 Å². The van der Waals surface area contributed by atoms with Crippen molar-refractivity contribution in [3.05, 3.63) is 65.7 Å². The Bertz CT molecular complexity index is 1380. The van der Waals surface area contributed by atoms with E-state index < -0.39 is 64.1 Å². The number of esters is 3. The zero-order chi connectivity index (χ0) is 27.3. The summed E-state index contributed by atoms with van der Waals surface area (Å²) in [4.78, 5) is 55.7. The predicted molar refractivity (Wildman–Crippen MR) is 133 cm³/mol. The number of carbonyl (C=O) groups excluding carboxylic acids is 4. The Balaban J connectivity index is 1.63. The van der Waals surface area contributed by atoms with Gasteiger partial charge in [-0.05, 0) is 36.1 Å². The minimum atomic E-state index is -1.82. The molecule has 3 aliphatic heterocycles. The molecule has 6 atom stereocenters. The number of amides is 1. The van der Waals surface area contributed by atoms with Gasteiger partial charge in [0.2, 0.25) is 0 Å². The van der Waals surface area contributed by atoms with Gasteiger partial charge in [-0.3, -0.25) is 19.3 Å². The van der Waals surface area contributed by atoms with Gasteiger partial charge >= 0.3 is 17.9 Å². The van der Waals surface area contributed by atoms with Crippen LogP contribution in [0.15, 0.2) is 54.6 Å². The van der Waals surface area contributed by atoms with Gasteiger partial charge in [0.15, 0.2) is 12.3 Å². The van der Waals surface area contributed by atoms with E-state index in [2.05, 4.69) is 0 Å². The standard InChI is InChI=1S/C29H29NO8/c1-16-10-8-9-13-18(16)30-22(32)21(37-23(33)17-11-6-5-7-12-17)29-24(30)38-25(34)27(29)15-20(31)36-19(27)14-28(29,35)26(2,3)4/h5-13,19,21,24,35H,14-15H2,1-4H3/t19-,21-,24-,27-,28+,29+/m0/s1. The summed E-state index contributed by atoms with van der Waals surface area (Å²) in [6.07, 6.45) is -4.50. The maximum Gasteiger partial charge on any atom is 0.338 e. The highest BCUT2D eigenvalue weighted by Crippen LogP contribution is 2.76. The molecule has 3 saturated heterocycles. The van der Waals surface area contributed by atoms with Crippen molar-refractivity contribution in [3.63, 3.8) is 0 Å². The fourth-order valence-corrected chi connectivity index (χ4v) is 7.35. The minimum absolute atomic E-state index is 0.109. The number of aliphatic hydroxyl groups is 1. The maximum absolute atomic E-state index is 14.4. The molecule has 0 radical (unpaired) electrons. The SMILES string of the molecule is Cc1ccccc1N1C(=O)[C@H](OC(=O)c2ccccc2)[C@@]23[C@@H]1OC(=O)[C@@]21CC(=O)O[C@H]1C[C@@]3(O)C(C)(C)C. The Kier molecular flexibility index (Phi) is 4.96. The monoisotopic (exact) mass is 519 g/mol. The van der Waals surface area contributed by atoms with E-state index >= 15 is 0 Å². The molecule has 2 aromatic rings. The van der Waals surface area contributed by atoms with Crippen LogP contribution < -0.4 is 4.90 Å². The summed E-state index contributed by atoms with van der Waals surface area (Å²) >= 11 is 0. The number of aryl methyl sites for hydroxylation is 1. The van der Waals surface area contributed by atoms with Crippen molar-refractivity contribution in [2.24, 2.45) is 16.2 Å². The smallest absolute Gasteiger partial charge is 0.338 e. The maximum atomic E-state index is 14.4. The first kappa shape index (κ1) is 24.6. The summed E-state index contributed by atoms with van der Waals surface area (Å²) in [5.41, 5.74) is -4.92. The summed E-state index contributed by atoms with van der Waals surface area (Å²) in [5, 5.41) is 12.7. The molecule has 0 bridgehead atoms. The number of anilines is 1. The topological polar surface area (TPSA) is 119 Å². The van der Waals surface area contributed by atoms with Crippen LogP contribution in [0.25, 0.3) is 0 Å². The molecule has 1 aliphatic carbocycles. The highest BCUT2D eigenvalue weighted by atomic mass is 16.6. The van der Waals surface area contributed by atoms with E-state index in [1.54, 1.807) is 76.2 Å².